The lowest BCUT2D eigenvalue weighted by Crippen LogP contribution is -2.48. The van der Waals surface area contributed by atoms with Crippen molar-refractivity contribution in [1.82, 2.24) is 9.78 Å². The lowest BCUT2D eigenvalue weighted by molar-refractivity contribution is -0.0277. The molecule has 0 aromatic carbocycles. The molecular formula is C13H21N3O2S. The number of ether oxygens (including phenoxy) is 1. The Morgan fingerprint density at radius 3 is 2.95 bits per heavy atom. The maximum atomic E-state index is 12.0. The molecule has 1 aliphatic heterocycles. The first-order valence-electron chi connectivity index (χ1n) is 6.59. The molecule has 0 amide bonds. The minimum atomic E-state index is -0.181. The molecule has 0 bridgehead atoms. The van der Waals surface area contributed by atoms with E-state index >= 15 is 0 Å². The first kappa shape index (κ1) is 14.4. The van der Waals surface area contributed by atoms with E-state index in [0.717, 1.165) is 31.0 Å². The van der Waals surface area contributed by atoms with Crippen molar-refractivity contribution in [2.75, 3.05) is 30.3 Å². The van der Waals surface area contributed by atoms with E-state index in [1.807, 2.05) is 0 Å². The molecule has 106 valence electrons. The Kier molecular flexibility index (Phi) is 4.52. The van der Waals surface area contributed by atoms with Gasteiger partial charge in [-0.2, -0.15) is 17.7 Å². The van der Waals surface area contributed by atoms with Gasteiger partial charge >= 0.3 is 0 Å². The van der Waals surface area contributed by atoms with Gasteiger partial charge < -0.3 is 9.64 Å². The zero-order valence-corrected chi connectivity index (χ0v) is 12.4. The Bertz CT molecular complexity index is 487. The first-order chi connectivity index (χ1) is 9.02. The van der Waals surface area contributed by atoms with Crippen LogP contribution in [0.1, 0.15) is 20.3 Å². The van der Waals surface area contributed by atoms with E-state index in [9.17, 15) is 4.79 Å². The van der Waals surface area contributed by atoms with Crippen LogP contribution in [0.4, 0.5) is 5.69 Å². The Hall–Kier alpha value is -1.01. The predicted molar refractivity (Wildman–Crippen MR) is 79.2 cm³/mol. The Balaban J connectivity index is 2.13. The van der Waals surface area contributed by atoms with Crippen molar-refractivity contribution in [2.45, 2.75) is 32.4 Å². The van der Waals surface area contributed by atoms with Gasteiger partial charge in [-0.1, -0.05) is 0 Å². The molecule has 1 fully saturated rings. The van der Waals surface area contributed by atoms with Crippen LogP contribution >= 0.6 is 12.6 Å². The number of nitrogens with zero attached hydrogens (tertiary/aromatic N) is 3. The number of aromatic nitrogens is 2. The van der Waals surface area contributed by atoms with Crippen LogP contribution in [0.25, 0.3) is 0 Å². The monoisotopic (exact) mass is 283 g/mol. The molecule has 1 saturated heterocycles. The molecule has 0 unspecified atom stereocenters. The molecule has 6 heteroatoms. The van der Waals surface area contributed by atoms with Crippen LogP contribution in [0, 0.1) is 0 Å². The van der Waals surface area contributed by atoms with Crippen molar-refractivity contribution >= 4 is 18.3 Å². The third kappa shape index (κ3) is 3.73. The van der Waals surface area contributed by atoms with Crippen LogP contribution in [0.3, 0.4) is 0 Å². The summed E-state index contributed by atoms with van der Waals surface area (Å²) >= 11 is 4.14. The van der Waals surface area contributed by atoms with E-state index in [4.69, 9.17) is 4.74 Å². The second kappa shape index (κ2) is 5.96. The van der Waals surface area contributed by atoms with E-state index < -0.39 is 0 Å². The van der Waals surface area contributed by atoms with Crippen molar-refractivity contribution in [3.8, 4) is 0 Å². The highest BCUT2D eigenvalue weighted by atomic mass is 32.1. The topological polar surface area (TPSA) is 47.4 Å². The smallest absolute Gasteiger partial charge is 0.268 e. The number of aryl methyl sites for hydroxylation is 1. The highest BCUT2D eigenvalue weighted by molar-refractivity contribution is 7.80. The summed E-state index contributed by atoms with van der Waals surface area (Å²) in [7, 11) is 0. The highest BCUT2D eigenvalue weighted by Gasteiger charge is 2.27. The van der Waals surface area contributed by atoms with Crippen LogP contribution in [-0.2, 0) is 11.3 Å². The van der Waals surface area contributed by atoms with Crippen LogP contribution in [0.2, 0.25) is 0 Å². The van der Waals surface area contributed by atoms with Crippen molar-refractivity contribution in [3.05, 3.63) is 22.6 Å². The zero-order valence-electron chi connectivity index (χ0n) is 11.5. The number of morpholine rings is 1. The van der Waals surface area contributed by atoms with Crippen LogP contribution in [0.15, 0.2) is 17.1 Å². The quantitative estimate of drug-likeness (QED) is 0.843. The van der Waals surface area contributed by atoms with Crippen LogP contribution < -0.4 is 10.5 Å². The first-order valence-corrected chi connectivity index (χ1v) is 7.22. The van der Waals surface area contributed by atoms with Gasteiger partial charge in [0.05, 0.1) is 24.1 Å². The van der Waals surface area contributed by atoms with Gasteiger partial charge in [0.1, 0.15) is 0 Å². The third-order valence-electron chi connectivity index (χ3n) is 3.17. The molecule has 1 aromatic heterocycles. The minimum Gasteiger partial charge on any atom is -0.372 e. The lowest BCUT2D eigenvalue weighted by Gasteiger charge is -2.39. The second-order valence-electron chi connectivity index (χ2n) is 5.38. The molecule has 0 N–H and O–H groups in total. The fraction of sp³-hybridized carbons (Fsp3) is 0.692. The van der Waals surface area contributed by atoms with E-state index in [0.29, 0.717) is 13.2 Å². The van der Waals surface area contributed by atoms with Gasteiger partial charge in [-0.15, -0.1) is 0 Å². The molecule has 2 rings (SSSR count). The van der Waals surface area contributed by atoms with Gasteiger partial charge in [-0.3, -0.25) is 4.79 Å². The van der Waals surface area contributed by atoms with E-state index in [1.165, 1.54) is 4.68 Å². The second-order valence-corrected chi connectivity index (χ2v) is 5.83. The molecule has 19 heavy (non-hydrogen) atoms. The largest absolute Gasteiger partial charge is 0.372 e. The molecule has 1 aromatic rings. The van der Waals surface area contributed by atoms with Crippen molar-refractivity contribution in [2.24, 2.45) is 0 Å². The number of hydrogen-bond donors (Lipinski definition) is 1. The van der Waals surface area contributed by atoms with Gasteiger partial charge in [0, 0.05) is 25.7 Å². The van der Waals surface area contributed by atoms with Crippen LogP contribution in [0.5, 0.6) is 0 Å². The van der Waals surface area contributed by atoms with Gasteiger partial charge in [-0.25, -0.2) is 4.68 Å². The summed E-state index contributed by atoms with van der Waals surface area (Å²) in [5.41, 5.74) is 0.645. The molecule has 1 aliphatic rings. The summed E-state index contributed by atoms with van der Waals surface area (Å²) in [6.07, 6.45) is 2.61. The number of rotatable bonds is 4. The highest BCUT2D eigenvalue weighted by Crippen LogP contribution is 2.21. The van der Waals surface area contributed by atoms with E-state index in [2.05, 4.69) is 36.5 Å². The summed E-state index contributed by atoms with van der Waals surface area (Å²) in [5, 5.41) is 4.23. The molecule has 0 radical (unpaired) electrons. The maximum absolute atomic E-state index is 12.0. The van der Waals surface area contributed by atoms with Gasteiger partial charge in [0.25, 0.3) is 5.56 Å². The molecule has 0 aliphatic carbocycles. The summed E-state index contributed by atoms with van der Waals surface area (Å²) in [5.74, 6) is 0.757. The molecule has 0 saturated carbocycles. The third-order valence-corrected chi connectivity index (χ3v) is 3.49. The van der Waals surface area contributed by atoms with E-state index in [1.54, 1.807) is 12.3 Å². The van der Waals surface area contributed by atoms with Gasteiger partial charge in [0.2, 0.25) is 0 Å². The van der Waals surface area contributed by atoms with Gasteiger partial charge in [-0.05, 0) is 26.0 Å². The Labute approximate surface area is 119 Å². The van der Waals surface area contributed by atoms with Crippen molar-refractivity contribution in [1.29, 1.82) is 0 Å². The number of hydrogen-bond acceptors (Lipinski definition) is 5. The summed E-state index contributed by atoms with van der Waals surface area (Å²) < 4.78 is 7.16. The fourth-order valence-corrected chi connectivity index (χ4v) is 2.36. The molecule has 5 nitrogen and oxygen atoms in total. The number of thiol groups is 1. The standard InChI is InChI=1S/C13H21N3O2S/c1-13(2)10-15(5-6-18-13)11-8-12(17)16(14-9-11)4-3-7-19/h8-9,19H,3-7,10H2,1-2H3. The summed E-state index contributed by atoms with van der Waals surface area (Å²) in [6, 6.07) is 1.66. The summed E-state index contributed by atoms with van der Waals surface area (Å²) in [6.45, 7) is 6.98. The predicted octanol–water partition coefficient (Wildman–Crippen LogP) is 1.18. The molecular weight excluding hydrogens is 262 g/mol. The molecule has 2 heterocycles. The fourth-order valence-electron chi connectivity index (χ4n) is 2.22. The average molecular weight is 283 g/mol. The Morgan fingerprint density at radius 1 is 1.53 bits per heavy atom. The average Bonchev–Trinajstić information content (AvgIpc) is 2.36. The van der Waals surface area contributed by atoms with Crippen LogP contribution in [-0.4, -0.2) is 40.8 Å². The van der Waals surface area contributed by atoms with Crippen molar-refractivity contribution in [3.63, 3.8) is 0 Å². The van der Waals surface area contributed by atoms with Gasteiger partial charge in [0.15, 0.2) is 0 Å². The maximum Gasteiger partial charge on any atom is 0.268 e. The van der Waals surface area contributed by atoms with Crippen molar-refractivity contribution < 1.29 is 4.74 Å². The number of anilines is 1. The summed E-state index contributed by atoms with van der Waals surface area (Å²) in [4.78, 5) is 14.1. The normalized spacial score (nSPS) is 18.6. The minimum absolute atomic E-state index is 0.0522. The Morgan fingerprint density at radius 2 is 2.32 bits per heavy atom. The van der Waals surface area contributed by atoms with E-state index in [-0.39, 0.29) is 11.2 Å². The lowest BCUT2D eigenvalue weighted by atomic mass is 10.1. The molecule has 0 atom stereocenters. The zero-order chi connectivity index (χ0) is 13.9. The molecule has 0 spiro atoms. The SMILES string of the molecule is CC1(C)CN(c2cnn(CCCS)c(=O)c2)CCO1.